The van der Waals surface area contributed by atoms with E-state index in [-0.39, 0.29) is 24.3 Å². The van der Waals surface area contributed by atoms with Gasteiger partial charge in [-0.2, -0.15) is 0 Å². The fourth-order valence-corrected chi connectivity index (χ4v) is 7.16. The maximum Gasteiger partial charge on any atom is 0.338 e. The summed E-state index contributed by atoms with van der Waals surface area (Å²) in [6.07, 6.45) is 3.09. The molecule has 0 radical (unpaired) electrons. The molecule has 0 saturated heterocycles. The number of esters is 1. The summed E-state index contributed by atoms with van der Waals surface area (Å²) in [5.41, 5.74) is 3.19. The second-order valence-corrected chi connectivity index (χ2v) is 13.0. The molecule has 0 amide bonds. The number of fused-ring (bicyclic) bond motifs is 1. The zero-order chi connectivity index (χ0) is 33.0. The lowest BCUT2D eigenvalue weighted by Gasteiger charge is -2.26. The second-order valence-electron chi connectivity index (χ2n) is 10.3. The SMILES string of the molecule is CCCC1=C(C(=O)OCC)[C@H](c2ccc(OC)c(Br)c2)n2c(s/c(=C/c3ccc(OCc4ccc(C(=O)O)cc4)c(Br)c3)c2=O)=N1. The average molecular weight is 770 g/mol. The maximum atomic E-state index is 14.1. The Hall–Kier alpha value is -4.00. The zero-order valence-electron chi connectivity index (χ0n) is 25.2. The van der Waals surface area contributed by atoms with Crippen molar-refractivity contribution in [1.82, 2.24) is 4.57 Å². The van der Waals surface area contributed by atoms with Gasteiger partial charge in [-0.1, -0.05) is 48.9 Å². The number of methoxy groups -OCH3 is 1. The monoisotopic (exact) mass is 768 g/mol. The van der Waals surface area contributed by atoms with Crippen molar-refractivity contribution in [2.45, 2.75) is 39.3 Å². The van der Waals surface area contributed by atoms with Crippen LogP contribution in [-0.4, -0.2) is 35.3 Å². The minimum Gasteiger partial charge on any atom is -0.496 e. The molecule has 0 unspecified atom stereocenters. The third-order valence-electron chi connectivity index (χ3n) is 7.23. The molecule has 46 heavy (non-hydrogen) atoms. The van der Waals surface area contributed by atoms with Gasteiger partial charge in [-0.05, 0) is 104 Å². The molecule has 238 valence electrons. The quantitative estimate of drug-likeness (QED) is 0.176. The third kappa shape index (κ3) is 7.03. The van der Waals surface area contributed by atoms with Crippen LogP contribution in [0.5, 0.6) is 11.5 Å². The Balaban J connectivity index is 1.53. The van der Waals surface area contributed by atoms with Crippen molar-refractivity contribution in [1.29, 1.82) is 0 Å². The average Bonchev–Trinajstić information content (AvgIpc) is 3.34. The number of nitrogens with zero attached hydrogens (tertiary/aromatic N) is 2. The van der Waals surface area contributed by atoms with E-state index in [9.17, 15) is 14.4 Å². The zero-order valence-corrected chi connectivity index (χ0v) is 29.2. The number of allylic oxidation sites excluding steroid dienone is 1. The van der Waals surface area contributed by atoms with Gasteiger partial charge in [0, 0.05) is 0 Å². The summed E-state index contributed by atoms with van der Waals surface area (Å²) in [4.78, 5) is 43.9. The lowest BCUT2D eigenvalue weighted by atomic mass is 9.94. The minimum atomic E-state index is -0.983. The minimum absolute atomic E-state index is 0.191. The van der Waals surface area contributed by atoms with Crippen LogP contribution in [0.25, 0.3) is 6.08 Å². The lowest BCUT2D eigenvalue weighted by Crippen LogP contribution is -2.40. The van der Waals surface area contributed by atoms with Crippen LogP contribution in [0.15, 0.2) is 90.7 Å². The highest BCUT2D eigenvalue weighted by atomic mass is 79.9. The molecule has 2 heterocycles. The summed E-state index contributed by atoms with van der Waals surface area (Å²) < 4.78 is 20.2. The third-order valence-corrected chi connectivity index (χ3v) is 9.46. The normalized spacial score (nSPS) is 14.5. The number of carbonyl (C=O) groups is 2. The number of aromatic nitrogens is 1. The number of carbonyl (C=O) groups excluding carboxylic acids is 1. The van der Waals surface area contributed by atoms with Crippen molar-refractivity contribution in [2.75, 3.05) is 13.7 Å². The first-order valence-corrected chi connectivity index (χ1v) is 16.8. The molecular formula is C34H30Br2N2O7S. The fourth-order valence-electron chi connectivity index (χ4n) is 5.07. The number of halogens is 2. The molecule has 1 aliphatic heterocycles. The number of aromatic carboxylic acids is 1. The Morgan fingerprint density at radius 3 is 2.37 bits per heavy atom. The van der Waals surface area contributed by atoms with Crippen molar-refractivity contribution in [3.8, 4) is 11.5 Å². The predicted octanol–water partition coefficient (Wildman–Crippen LogP) is 6.39. The Morgan fingerprint density at radius 2 is 1.74 bits per heavy atom. The van der Waals surface area contributed by atoms with E-state index in [1.165, 1.54) is 23.5 Å². The maximum absolute atomic E-state index is 14.1. The van der Waals surface area contributed by atoms with E-state index in [0.717, 1.165) is 17.5 Å². The van der Waals surface area contributed by atoms with Gasteiger partial charge in [-0.25, -0.2) is 14.6 Å². The molecule has 0 saturated carbocycles. The molecule has 0 aliphatic carbocycles. The Kier molecular flexibility index (Phi) is 10.6. The topological polar surface area (TPSA) is 116 Å². The van der Waals surface area contributed by atoms with Crippen LogP contribution in [0.2, 0.25) is 0 Å². The van der Waals surface area contributed by atoms with Gasteiger partial charge in [0.25, 0.3) is 5.56 Å². The second kappa shape index (κ2) is 14.6. The highest BCUT2D eigenvalue weighted by Crippen LogP contribution is 2.36. The number of hydrogen-bond acceptors (Lipinski definition) is 8. The summed E-state index contributed by atoms with van der Waals surface area (Å²) in [5.74, 6) is -0.267. The summed E-state index contributed by atoms with van der Waals surface area (Å²) in [5, 5.41) is 9.10. The summed E-state index contributed by atoms with van der Waals surface area (Å²) >= 11 is 8.38. The number of carboxylic acid groups (broad SMARTS) is 1. The van der Waals surface area contributed by atoms with E-state index in [2.05, 4.69) is 31.9 Å². The van der Waals surface area contributed by atoms with Gasteiger partial charge in [0.1, 0.15) is 18.1 Å². The molecule has 3 aromatic carbocycles. The van der Waals surface area contributed by atoms with Crippen LogP contribution in [0, 0.1) is 0 Å². The van der Waals surface area contributed by atoms with Gasteiger partial charge in [0.2, 0.25) is 0 Å². The Morgan fingerprint density at radius 1 is 1.02 bits per heavy atom. The van der Waals surface area contributed by atoms with Crippen LogP contribution in [-0.2, 0) is 16.1 Å². The van der Waals surface area contributed by atoms with Crippen LogP contribution in [0.4, 0.5) is 0 Å². The number of carboxylic acids is 1. The van der Waals surface area contributed by atoms with E-state index >= 15 is 0 Å². The largest absolute Gasteiger partial charge is 0.496 e. The molecule has 0 fully saturated rings. The van der Waals surface area contributed by atoms with E-state index < -0.39 is 18.0 Å². The van der Waals surface area contributed by atoms with Crippen molar-refractivity contribution in [3.63, 3.8) is 0 Å². The van der Waals surface area contributed by atoms with Crippen LogP contribution >= 0.6 is 43.2 Å². The molecule has 0 bridgehead atoms. The van der Waals surface area contributed by atoms with Gasteiger partial charge < -0.3 is 19.3 Å². The van der Waals surface area contributed by atoms with Crippen molar-refractivity contribution < 1.29 is 28.9 Å². The van der Waals surface area contributed by atoms with Crippen molar-refractivity contribution in [2.24, 2.45) is 4.99 Å². The van der Waals surface area contributed by atoms with Gasteiger partial charge >= 0.3 is 11.9 Å². The Labute approximate surface area is 285 Å². The first-order valence-electron chi connectivity index (χ1n) is 14.4. The number of thiazole rings is 1. The molecule has 0 spiro atoms. The smallest absolute Gasteiger partial charge is 0.338 e. The van der Waals surface area contributed by atoms with E-state index in [0.29, 0.717) is 53.0 Å². The van der Waals surface area contributed by atoms with Gasteiger partial charge in [0.15, 0.2) is 4.80 Å². The highest BCUT2D eigenvalue weighted by Gasteiger charge is 2.34. The summed E-state index contributed by atoms with van der Waals surface area (Å²) in [6, 6.07) is 16.7. The highest BCUT2D eigenvalue weighted by molar-refractivity contribution is 9.10. The first kappa shape index (κ1) is 33.4. The summed E-state index contributed by atoms with van der Waals surface area (Å²) in [6.45, 7) is 4.20. The molecule has 1 N–H and O–H groups in total. The molecule has 1 atom stereocenters. The number of rotatable bonds is 11. The van der Waals surface area contributed by atoms with Crippen LogP contribution in [0.3, 0.4) is 0 Å². The summed E-state index contributed by atoms with van der Waals surface area (Å²) in [7, 11) is 1.57. The molecule has 9 nitrogen and oxygen atoms in total. The molecule has 1 aliphatic rings. The number of hydrogen-bond donors (Lipinski definition) is 1. The van der Waals surface area contributed by atoms with Gasteiger partial charge in [-0.3, -0.25) is 9.36 Å². The molecule has 4 aromatic rings. The van der Waals surface area contributed by atoms with E-state index in [4.69, 9.17) is 24.3 Å². The van der Waals surface area contributed by atoms with Crippen LogP contribution < -0.4 is 24.4 Å². The number of ether oxygens (including phenoxy) is 3. The first-order chi connectivity index (χ1) is 22.1. The molecule has 12 heteroatoms. The number of benzene rings is 3. The molecule has 1 aromatic heterocycles. The molecule has 5 rings (SSSR count). The fraction of sp³-hybridized carbons (Fsp3) is 0.235. The van der Waals surface area contributed by atoms with E-state index in [1.807, 2.05) is 31.2 Å². The lowest BCUT2D eigenvalue weighted by molar-refractivity contribution is -0.139. The molecular weight excluding hydrogens is 740 g/mol. The standard InChI is InChI=1S/C34H30Br2N2O7S/c1-4-6-25-29(33(42)44-5-2)30(22-12-14-26(43-3)24(36)17-22)38-31(39)28(46-34(38)37-25)16-20-9-13-27(23(35)15-20)45-18-19-7-10-21(11-8-19)32(40)41/h7-17,30H,4-6,18H2,1-3H3,(H,40,41)/b28-16+/t30-/m0/s1. The predicted molar refractivity (Wildman–Crippen MR) is 182 cm³/mol. The van der Waals surface area contributed by atoms with E-state index in [1.54, 1.807) is 48.9 Å². The van der Waals surface area contributed by atoms with Gasteiger partial charge in [-0.15, -0.1) is 0 Å². The van der Waals surface area contributed by atoms with Crippen molar-refractivity contribution >= 4 is 61.2 Å². The van der Waals surface area contributed by atoms with Crippen LogP contribution in [0.1, 0.15) is 59.8 Å². The van der Waals surface area contributed by atoms with Gasteiger partial charge in [0.05, 0.1) is 50.1 Å². The Bertz CT molecular complexity index is 2020. The van der Waals surface area contributed by atoms with Crippen molar-refractivity contribution in [3.05, 3.63) is 123 Å².